The fourth-order valence-electron chi connectivity index (χ4n) is 3.31. The van der Waals surface area contributed by atoms with Crippen LogP contribution >= 0.6 is 0 Å². The summed E-state index contributed by atoms with van der Waals surface area (Å²) in [5.41, 5.74) is 0. The van der Waals surface area contributed by atoms with E-state index in [1.807, 2.05) is 13.8 Å². The molecule has 2 aromatic rings. The molecule has 1 heterocycles. The second-order valence-corrected chi connectivity index (χ2v) is 8.92. The first-order chi connectivity index (χ1) is 15.4. The van der Waals surface area contributed by atoms with E-state index in [4.69, 9.17) is 14.2 Å². The third-order valence-electron chi connectivity index (χ3n) is 4.93. The van der Waals surface area contributed by atoms with E-state index in [-0.39, 0.29) is 49.3 Å². The molecule has 0 spiro atoms. The number of sulfonamides is 1. The van der Waals surface area contributed by atoms with Gasteiger partial charge in [0.15, 0.2) is 29.7 Å². The first kappa shape index (κ1) is 23.8. The number of amides is 1. The average molecular weight is 467 g/mol. The first-order valence-electron chi connectivity index (χ1n) is 10.4. The largest absolute Gasteiger partial charge is 0.490 e. The molecule has 3 rings (SSSR count). The Morgan fingerprint density at radius 2 is 1.56 bits per heavy atom. The predicted octanol–water partition coefficient (Wildman–Crippen LogP) is 2.54. The van der Waals surface area contributed by atoms with Crippen molar-refractivity contribution in [3.05, 3.63) is 48.3 Å². The van der Waals surface area contributed by atoms with Gasteiger partial charge in [0.2, 0.25) is 10.0 Å². The van der Waals surface area contributed by atoms with Gasteiger partial charge in [0, 0.05) is 32.2 Å². The highest BCUT2D eigenvalue weighted by Gasteiger charge is 2.31. The number of hydrogen-bond acceptors (Lipinski definition) is 6. The van der Waals surface area contributed by atoms with Crippen LogP contribution in [0, 0.1) is 5.82 Å². The van der Waals surface area contributed by atoms with Crippen molar-refractivity contribution in [2.45, 2.75) is 18.7 Å². The minimum Gasteiger partial charge on any atom is -0.490 e. The highest BCUT2D eigenvalue weighted by atomic mass is 32.2. The summed E-state index contributed by atoms with van der Waals surface area (Å²) in [6.07, 6.45) is 0. The van der Waals surface area contributed by atoms with Crippen molar-refractivity contribution in [2.24, 2.45) is 0 Å². The van der Waals surface area contributed by atoms with E-state index in [2.05, 4.69) is 0 Å². The molecule has 32 heavy (non-hydrogen) atoms. The summed E-state index contributed by atoms with van der Waals surface area (Å²) in [6, 6.07) is 10.4. The van der Waals surface area contributed by atoms with Gasteiger partial charge in [0.05, 0.1) is 18.1 Å². The number of nitrogens with zero attached hydrogens (tertiary/aromatic N) is 2. The molecule has 0 saturated carbocycles. The van der Waals surface area contributed by atoms with E-state index in [0.717, 1.165) is 0 Å². The zero-order valence-electron chi connectivity index (χ0n) is 18.1. The van der Waals surface area contributed by atoms with E-state index < -0.39 is 15.8 Å². The second kappa shape index (κ2) is 10.6. The van der Waals surface area contributed by atoms with Gasteiger partial charge in [-0.05, 0) is 38.1 Å². The van der Waals surface area contributed by atoms with Crippen LogP contribution < -0.4 is 14.2 Å². The maximum Gasteiger partial charge on any atom is 0.260 e. The monoisotopic (exact) mass is 466 g/mol. The number of ether oxygens (including phenoxy) is 3. The van der Waals surface area contributed by atoms with Crippen molar-refractivity contribution < 1.29 is 31.8 Å². The SMILES string of the molecule is CCOc1ccc(S(=O)(=O)N2CCN(C(=O)COc3ccccc3F)CC2)cc1OCC. The van der Waals surface area contributed by atoms with Crippen LogP contribution in [0.5, 0.6) is 17.2 Å². The normalized spacial score (nSPS) is 14.8. The van der Waals surface area contributed by atoms with Crippen LogP contribution in [-0.4, -0.2) is 69.5 Å². The Kier molecular flexibility index (Phi) is 7.92. The van der Waals surface area contributed by atoms with E-state index in [1.165, 1.54) is 39.5 Å². The molecule has 1 saturated heterocycles. The zero-order valence-corrected chi connectivity index (χ0v) is 18.9. The van der Waals surface area contributed by atoms with E-state index >= 15 is 0 Å². The van der Waals surface area contributed by atoms with Gasteiger partial charge in [0.25, 0.3) is 5.91 Å². The topological polar surface area (TPSA) is 85.4 Å². The summed E-state index contributed by atoms with van der Waals surface area (Å²) in [6.45, 7) is 4.86. The number of hydrogen-bond donors (Lipinski definition) is 0. The predicted molar refractivity (Wildman–Crippen MR) is 116 cm³/mol. The Balaban J connectivity index is 1.61. The van der Waals surface area contributed by atoms with Gasteiger partial charge in [-0.15, -0.1) is 0 Å². The third-order valence-corrected chi connectivity index (χ3v) is 6.83. The lowest BCUT2D eigenvalue weighted by molar-refractivity contribution is -0.134. The van der Waals surface area contributed by atoms with Crippen LogP contribution in [0.1, 0.15) is 13.8 Å². The Morgan fingerprint density at radius 3 is 2.22 bits per heavy atom. The van der Waals surface area contributed by atoms with Gasteiger partial charge in [-0.1, -0.05) is 12.1 Å². The van der Waals surface area contributed by atoms with Gasteiger partial charge in [-0.25, -0.2) is 12.8 Å². The summed E-state index contributed by atoms with van der Waals surface area (Å²) in [5.74, 6) is -0.0150. The summed E-state index contributed by atoms with van der Waals surface area (Å²) < 4.78 is 57.4. The molecule has 0 radical (unpaired) electrons. The summed E-state index contributed by atoms with van der Waals surface area (Å²) in [4.78, 5) is 14.0. The van der Waals surface area contributed by atoms with Gasteiger partial charge < -0.3 is 19.1 Å². The number of benzene rings is 2. The van der Waals surface area contributed by atoms with Gasteiger partial charge >= 0.3 is 0 Å². The number of para-hydroxylation sites is 1. The number of halogens is 1. The molecule has 1 amide bonds. The molecule has 0 bridgehead atoms. The number of rotatable bonds is 9. The maximum absolute atomic E-state index is 13.6. The zero-order chi connectivity index (χ0) is 23.1. The Hall–Kier alpha value is -2.85. The minimum atomic E-state index is -3.77. The second-order valence-electron chi connectivity index (χ2n) is 6.98. The summed E-state index contributed by atoms with van der Waals surface area (Å²) >= 11 is 0. The van der Waals surface area contributed by atoms with Crippen LogP contribution in [0.25, 0.3) is 0 Å². The molecule has 2 aromatic carbocycles. The summed E-state index contributed by atoms with van der Waals surface area (Å²) in [5, 5.41) is 0. The van der Waals surface area contributed by atoms with Crippen LogP contribution in [0.4, 0.5) is 4.39 Å². The van der Waals surface area contributed by atoms with E-state index in [0.29, 0.717) is 24.7 Å². The van der Waals surface area contributed by atoms with Crippen LogP contribution in [0.2, 0.25) is 0 Å². The fraction of sp³-hybridized carbons (Fsp3) is 0.409. The third kappa shape index (κ3) is 5.49. The number of carbonyl (C=O) groups is 1. The van der Waals surface area contributed by atoms with E-state index in [1.54, 1.807) is 12.1 Å². The van der Waals surface area contributed by atoms with Crippen molar-refractivity contribution in [3.8, 4) is 17.2 Å². The van der Waals surface area contributed by atoms with Crippen LogP contribution in [-0.2, 0) is 14.8 Å². The molecule has 1 aliphatic rings. The molecule has 0 N–H and O–H groups in total. The van der Waals surface area contributed by atoms with Crippen molar-refractivity contribution in [2.75, 3.05) is 46.0 Å². The number of piperazine rings is 1. The molecule has 10 heteroatoms. The van der Waals surface area contributed by atoms with Crippen molar-refractivity contribution in [3.63, 3.8) is 0 Å². The smallest absolute Gasteiger partial charge is 0.260 e. The Morgan fingerprint density at radius 1 is 0.906 bits per heavy atom. The minimum absolute atomic E-state index is 0.00247. The molecule has 0 aromatic heterocycles. The Labute approximate surface area is 187 Å². The average Bonchev–Trinajstić information content (AvgIpc) is 2.80. The van der Waals surface area contributed by atoms with Crippen LogP contribution in [0.15, 0.2) is 47.4 Å². The lowest BCUT2D eigenvalue weighted by atomic mass is 10.3. The van der Waals surface area contributed by atoms with Gasteiger partial charge in [-0.2, -0.15) is 4.31 Å². The molecular formula is C22H27FN2O6S. The number of carbonyl (C=O) groups excluding carboxylic acids is 1. The highest BCUT2D eigenvalue weighted by Crippen LogP contribution is 2.31. The standard InChI is InChI=1S/C22H27FN2O6S/c1-3-29-20-10-9-17(15-21(20)30-4-2)32(27,28)25-13-11-24(12-14-25)22(26)16-31-19-8-6-5-7-18(19)23/h5-10,15H,3-4,11-14,16H2,1-2H3. The first-order valence-corrected chi connectivity index (χ1v) is 11.9. The molecule has 174 valence electrons. The molecular weight excluding hydrogens is 439 g/mol. The lowest BCUT2D eigenvalue weighted by Crippen LogP contribution is -2.51. The van der Waals surface area contributed by atoms with Crippen molar-refractivity contribution in [1.82, 2.24) is 9.21 Å². The molecule has 8 nitrogen and oxygen atoms in total. The van der Waals surface area contributed by atoms with Gasteiger partial charge in [0.1, 0.15) is 0 Å². The molecule has 0 unspecified atom stereocenters. The van der Waals surface area contributed by atoms with Crippen molar-refractivity contribution >= 4 is 15.9 Å². The molecule has 1 fully saturated rings. The summed E-state index contributed by atoms with van der Waals surface area (Å²) in [7, 11) is -3.77. The molecule has 0 atom stereocenters. The highest BCUT2D eigenvalue weighted by molar-refractivity contribution is 7.89. The maximum atomic E-state index is 13.6. The molecule has 0 aliphatic carbocycles. The molecule has 1 aliphatic heterocycles. The van der Waals surface area contributed by atoms with Gasteiger partial charge in [-0.3, -0.25) is 4.79 Å². The fourth-order valence-corrected chi connectivity index (χ4v) is 4.75. The van der Waals surface area contributed by atoms with Crippen LogP contribution in [0.3, 0.4) is 0 Å². The lowest BCUT2D eigenvalue weighted by Gasteiger charge is -2.34. The van der Waals surface area contributed by atoms with Crippen molar-refractivity contribution in [1.29, 1.82) is 0 Å². The quantitative estimate of drug-likeness (QED) is 0.565. The van der Waals surface area contributed by atoms with E-state index in [9.17, 15) is 17.6 Å². The Bertz CT molecular complexity index is 1040.